The molecule has 1 fully saturated rings. The minimum Gasteiger partial charge on any atom is -0.375 e. The second kappa shape index (κ2) is 6.73. The Labute approximate surface area is 133 Å². The van der Waals surface area contributed by atoms with Gasteiger partial charge in [0.25, 0.3) is 0 Å². The molecule has 1 aliphatic heterocycles. The molecular formula is C16H20FN3OS. The van der Waals surface area contributed by atoms with Gasteiger partial charge >= 0.3 is 0 Å². The number of hydrogen-bond donors (Lipinski definition) is 1. The smallest absolute Gasteiger partial charge is 0.180 e. The monoisotopic (exact) mass is 321 g/mol. The molecule has 6 heteroatoms. The molecule has 1 saturated heterocycles. The number of aromatic nitrogens is 1. The Bertz CT molecular complexity index is 616. The first kappa shape index (κ1) is 15.4. The lowest BCUT2D eigenvalue weighted by atomic mass is 9.96. The van der Waals surface area contributed by atoms with E-state index in [9.17, 15) is 4.39 Å². The van der Waals surface area contributed by atoms with E-state index in [2.05, 4.69) is 16.9 Å². The van der Waals surface area contributed by atoms with Gasteiger partial charge in [0.15, 0.2) is 5.13 Å². The van der Waals surface area contributed by atoms with Crippen molar-refractivity contribution in [2.24, 2.45) is 0 Å². The highest BCUT2D eigenvalue weighted by molar-refractivity contribution is 7.15. The van der Waals surface area contributed by atoms with Gasteiger partial charge in [0.05, 0.1) is 6.10 Å². The SMILES string of the molecule is CN(Cc1cnc(N)s1)C1CCOC(c2ccc(F)cc2)C1. The Hall–Kier alpha value is -1.50. The van der Waals surface area contributed by atoms with Crippen molar-refractivity contribution in [1.29, 1.82) is 0 Å². The van der Waals surface area contributed by atoms with E-state index in [0.29, 0.717) is 11.2 Å². The lowest BCUT2D eigenvalue weighted by Gasteiger charge is -2.35. The lowest BCUT2D eigenvalue weighted by molar-refractivity contribution is -0.0248. The van der Waals surface area contributed by atoms with Crippen LogP contribution in [0.25, 0.3) is 0 Å². The molecular weight excluding hydrogens is 301 g/mol. The summed E-state index contributed by atoms with van der Waals surface area (Å²) in [6, 6.07) is 7.05. The quantitative estimate of drug-likeness (QED) is 0.939. The van der Waals surface area contributed by atoms with Gasteiger partial charge in [-0.3, -0.25) is 4.90 Å². The molecule has 22 heavy (non-hydrogen) atoms. The molecule has 1 aromatic carbocycles. The number of benzene rings is 1. The molecule has 4 nitrogen and oxygen atoms in total. The highest BCUT2D eigenvalue weighted by Crippen LogP contribution is 2.31. The molecule has 2 unspecified atom stereocenters. The fourth-order valence-corrected chi connectivity index (χ4v) is 3.61. The lowest BCUT2D eigenvalue weighted by Crippen LogP contribution is -2.37. The zero-order valence-electron chi connectivity index (χ0n) is 12.5. The molecule has 1 aliphatic rings. The summed E-state index contributed by atoms with van der Waals surface area (Å²) in [5.74, 6) is -0.212. The second-order valence-corrected chi connectivity index (χ2v) is 6.82. The molecule has 0 aliphatic carbocycles. The zero-order valence-corrected chi connectivity index (χ0v) is 13.4. The van der Waals surface area contributed by atoms with Crippen molar-refractivity contribution in [2.75, 3.05) is 19.4 Å². The van der Waals surface area contributed by atoms with Crippen molar-refractivity contribution in [2.45, 2.75) is 31.5 Å². The van der Waals surface area contributed by atoms with Crippen molar-refractivity contribution >= 4 is 16.5 Å². The standard InChI is InChI=1S/C16H20FN3OS/c1-20(10-14-9-19-16(18)22-14)13-6-7-21-15(8-13)11-2-4-12(17)5-3-11/h2-5,9,13,15H,6-8,10H2,1H3,(H2,18,19). The summed E-state index contributed by atoms with van der Waals surface area (Å²) in [5, 5.41) is 0.611. The van der Waals surface area contributed by atoms with Gasteiger partial charge in [-0.15, -0.1) is 11.3 Å². The number of thiazole rings is 1. The number of anilines is 1. The Balaban J connectivity index is 1.63. The molecule has 118 valence electrons. The van der Waals surface area contributed by atoms with Crippen LogP contribution in [0.4, 0.5) is 9.52 Å². The summed E-state index contributed by atoms with van der Waals surface area (Å²) in [7, 11) is 2.12. The number of nitrogens with two attached hydrogens (primary N) is 1. The Morgan fingerprint density at radius 1 is 1.41 bits per heavy atom. The average Bonchev–Trinajstić information content (AvgIpc) is 2.93. The van der Waals surface area contributed by atoms with Crippen LogP contribution in [0, 0.1) is 5.82 Å². The molecule has 2 heterocycles. The predicted octanol–water partition coefficient (Wildman–Crippen LogP) is 3.22. The normalized spacial score (nSPS) is 22.1. The van der Waals surface area contributed by atoms with Crippen LogP contribution in [0.15, 0.2) is 30.5 Å². The van der Waals surface area contributed by atoms with Crippen LogP contribution in [0.5, 0.6) is 0 Å². The summed E-state index contributed by atoms with van der Waals surface area (Å²) >= 11 is 1.53. The maximum atomic E-state index is 13.0. The molecule has 2 N–H and O–H groups in total. The maximum Gasteiger partial charge on any atom is 0.180 e. The third-order valence-corrected chi connectivity index (χ3v) is 4.91. The molecule has 0 saturated carbocycles. The first-order chi connectivity index (χ1) is 10.6. The van der Waals surface area contributed by atoms with Crippen LogP contribution in [0.1, 0.15) is 29.4 Å². The van der Waals surface area contributed by atoms with E-state index in [4.69, 9.17) is 10.5 Å². The number of halogens is 1. The molecule has 2 atom stereocenters. The van der Waals surface area contributed by atoms with Gasteiger partial charge in [-0.05, 0) is 37.6 Å². The number of ether oxygens (including phenoxy) is 1. The highest BCUT2D eigenvalue weighted by atomic mass is 32.1. The van der Waals surface area contributed by atoms with Crippen LogP contribution in [0.3, 0.4) is 0 Å². The van der Waals surface area contributed by atoms with Gasteiger partial charge in [0.1, 0.15) is 5.82 Å². The molecule has 0 radical (unpaired) electrons. The Morgan fingerprint density at radius 2 is 2.18 bits per heavy atom. The van der Waals surface area contributed by atoms with Crippen LogP contribution >= 0.6 is 11.3 Å². The minimum atomic E-state index is -0.212. The zero-order chi connectivity index (χ0) is 15.5. The van der Waals surface area contributed by atoms with Crippen molar-refractivity contribution in [3.63, 3.8) is 0 Å². The van der Waals surface area contributed by atoms with Gasteiger partial charge in [-0.25, -0.2) is 9.37 Å². The van der Waals surface area contributed by atoms with Crippen molar-refractivity contribution in [3.05, 3.63) is 46.7 Å². The predicted molar refractivity (Wildman–Crippen MR) is 86.1 cm³/mol. The van der Waals surface area contributed by atoms with Crippen LogP contribution in [0.2, 0.25) is 0 Å². The van der Waals surface area contributed by atoms with E-state index < -0.39 is 0 Å². The van der Waals surface area contributed by atoms with E-state index in [0.717, 1.165) is 31.6 Å². The third kappa shape index (κ3) is 3.63. The Kier molecular flexibility index (Phi) is 4.71. The maximum absolute atomic E-state index is 13.0. The first-order valence-corrected chi connectivity index (χ1v) is 8.21. The topological polar surface area (TPSA) is 51.4 Å². The summed E-state index contributed by atoms with van der Waals surface area (Å²) in [6.45, 7) is 1.57. The summed E-state index contributed by atoms with van der Waals surface area (Å²) in [6.07, 6.45) is 3.79. The van der Waals surface area contributed by atoms with E-state index >= 15 is 0 Å². The van der Waals surface area contributed by atoms with E-state index in [1.54, 1.807) is 0 Å². The van der Waals surface area contributed by atoms with Gasteiger partial charge in [0.2, 0.25) is 0 Å². The summed E-state index contributed by atoms with van der Waals surface area (Å²) in [5.41, 5.74) is 6.72. The summed E-state index contributed by atoms with van der Waals surface area (Å²) in [4.78, 5) is 7.59. The number of nitrogen functional groups attached to an aromatic ring is 1. The van der Waals surface area contributed by atoms with Crippen LogP contribution in [-0.2, 0) is 11.3 Å². The third-order valence-electron chi connectivity index (χ3n) is 4.10. The average molecular weight is 321 g/mol. The molecule has 0 bridgehead atoms. The van der Waals surface area contributed by atoms with Gasteiger partial charge in [-0.1, -0.05) is 12.1 Å². The highest BCUT2D eigenvalue weighted by Gasteiger charge is 2.26. The molecule has 0 spiro atoms. The van der Waals surface area contributed by atoms with Gasteiger partial charge < -0.3 is 10.5 Å². The van der Waals surface area contributed by atoms with Crippen molar-refractivity contribution < 1.29 is 9.13 Å². The van der Waals surface area contributed by atoms with E-state index in [1.807, 2.05) is 18.3 Å². The van der Waals surface area contributed by atoms with Crippen molar-refractivity contribution in [3.8, 4) is 0 Å². The van der Waals surface area contributed by atoms with Crippen molar-refractivity contribution in [1.82, 2.24) is 9.88 Å². The number of hydrogen-bond acceptors (Lipinski definition) is 5. The molecule has 0 amide bonds. The van der Waals surface area contributed by atoms with Crippen LogP contribution in [-0.4, -0.2) is 29.6 Å². The number of nitrogens with zero attached hydrogens (tertiary/aromatic N) is 2. The van der Waals surface area contributed by atoms with Gasteiger partial charge in [0, 0.05) is 30.3 Å². The van der Waals surface area contributed by atoms with Gasteiger partial charge in [-0.2, -0.15) is 0 Å². The largest absolute Gasteiger partial charge is 0.375 e. The molecule has 2 aromatic rings. The number of rotatable bonds is 4. The van der Waals surface area contributed by atoms with Crippen LogP contribution < -0.4 is 5.73 Å². The summed E-state index contributed by atoms with van der Waals surface area (Å²) < 4.78 is 18.9. The van der Waals surface area contributed by atoms with E-state index in [-0.39, 0.29) is 11.9 Å². The molecule has 3 rings (SSSR count). The first-order valence-electron chi connectivity index (χ1n) is 7.39. The molecule has 1 aromatic heterocycles. The van der Waals surface area contributed by atoms with E-state index in [1.165, 1.54) is 28.3 Å². The Morgan fingerprint density at radius 3 is 2.86 bits per heavy atom. The second-order valence-electron chi connectivity index (χ2n) is 5.67. The fourth-order valence-electron chi connectivity index (χ4n) is 2.86. The fraction of sp³-hybridized carbons (Fsp3) is 0.438. The minimum absolute atomic E-state index is 0.0355.